The van der Waals surface area contributed by atoms with Gasteiger partial charge in [-0.15, -0.1) is 11.6 Å². The third kappa shape index (κ3) is 2.74. The smallest absolute Gasteiger partial charge is 0.123 e. The summed E-state index contributed by atoms with van der Waals surface area (Å²) in [6.45, 7) is 3.28. The predicted octanol–water partition coefficient (Wildman–Crippen LogP) is 4.33. The molecular formula is C14H19ClFN. The van der Waals surface area contributed by atoms with Crippen molar-refractivity contribution in [3.63, 3.8) is 0 Å². The van der Waals surface area contributed by atoms with E-state index in [-0.39, 0.29) is 5.82 Å². The van der Waals surface area contributed by atoms with Crippen molar-refractivity contribution >= 4 is 17.3 Å². The second-order valence-electron chi connectivity index (χ2n) is 4.66. The van der Waals surface area contributed by atoms with Crippen LogP contribution >= 0.6 is 11.6 Å². The first-order valence-electron chi connectivity index (χ1n) is 6.37. The number of halogens is 2. The fraction of sp³-hybridized carbons (Fsp3) is 0.571. The molecule has 3 heteroatoms. The van der Waals surface area contributed by atoms with E-state index < -0.39 is 0 Å². The van der Waals surface area contributed by atoms with Crippen molar-refractivity contribution < 1.29 is 4.39 Å². The molecule has 1 fully saturated rings. The summed E-state index contributed by atoms with van der Waals surface area (Å²) in [6.07, 6.45) is 4.89. The third-order valence-corrected chi connectivity index (χ3v) is 3.88. The molecule has 1 aliphatic rings. The van der Waals surface area contributed by atoms with Gasteiger partial charge in [0.05, 0.1) is 0 Å². The zero-order valence-electron chi connectivity index (χ0n) is 10.3. The quantitative estimate of drug-likeness (QED) is 0.727. The van der Waals surface area contributed by atoms with Crippen LogP contribution in [-0.2, 0) is 5.88 Å². The summed E-state index contributed by atoms with van der Waals surface area (Å²) < 4.78 is 13.2. The molecule has 94 valence electrons. The Morgan fingerprint density at radius 2 is 2.24 bits per heavy atom. The lowest BCUT2D eigenvalue weighted by atomic mass is 9.98. The zero-order valence-corrected chi connectivity index (χ0v) is 11.0. The maximum Gasteiger partial charge on any atom is 0.123 e. The van der Waals surface area contributed by atoms with Crippen molar-refractivity contribution in [1.29, 1.82) is 0 Å². The minimum atomic E-state index is -0.200. The average Bonchev–Trinajstić information content (AvgIpc) is 2.38. The highest BCUT2D eigenvalue weighted by Gasteiger charge is 2.22. The number of benzene rings is 1. The Bertz CT molecular complexity index is 380. The first kappa shape index (κ1) is 12.7. The van der Waals surface area contributed by atoms with Gasteiger partial charge in [-0.3, -0.25) is 0 Å². The molecule has 0 bridgehead atoms. The van der Waals surface area contributed by atoms with Gasteiger partial charge in [0.25, 0.3) is 0 Å². The van der Waals surface area contributed by atoms with E-state index in [0.717, 1.165) is 24.2 Å². The van der Waals surface area contributed by atoms with E-state index in [4.69, 9.17) is 11.6 Å². The summed E-state index contributed by atoms with van der Waals surface area (Å²) in [5.74, 6) is 0.175. The van der Waals surface area contributed by atoms with Crippen LogP contribution in [-0.4, -0.2) is 12.6 Å². The number of rotatable bonds is 3. The molecule has 0 radical (unpaired) electrons. The fourth-order valence-corrected chi connectivity index (χ4v) is 2.90. The van der Waals surface area contributed by atoms with E-state index in [2.05, 4.69) is 11.8 Å². The fourth-order valence-electron chi connectivity index (χ4n) is 2.68. The molecule has 1 aromatic rings. The number of alkyl halides is 1. The molecule has 1 nitrogen and oxygen atoms in total. The van der Waals surface area contributed by atoms with Crippen molar-refractivity contribution in [2.75, 3.05) is 11.4 Å². The maximum absolute atomic E-state index is 13.2. The van der Waals surface area contributed by atoms with Gasteiger partial charge in [0, 0.05) is 24.2 Å². The van der Waals surface area contributed by atoms with Gasteiger partial charge in [-0.05, 0) is 49.4 Å². The molecule has 0 aliphatic carbocycles. The van der Waals surface area contributed by atoms with Crippen molar-refractivity contribution in [3.8, 4) is 0 Å². The summed E-state index contributed by atoms with van der Waals surface area (Å²) in [6, 6.07) is 5.55. The van der Waals surface area contributed by atoms with E-state index >= 15 is 0 Å². The van der Waals surface area contributed by atoms with E-state index in [1.54, 1.807) is 6.07 Å². The summed E-state index contributed by atoms with van der Waals surface area (Å²) in [5, 5.41) is 0. The Morgan fingerprint density at radius 1 is 1.41 bits per heavy atom. The number of nitrogens with zero attached hydrogens (tertiary/aromatic N) is 1. The molecule has 1 heterocycles. The van der Waals surface area contributed by atoms with Gasteiger partial charge in [-0.2, -0.15) is 0 Å². The molecule has 0 amide bonds. The molecule has 0 saturated carbocycles. The highest BCUT2D eigenvalue weighted by Crippen LogP contribution is 2.30. The molecule has 2 rings (SSSR count). The average molecular weight is 256 g/mol. The van der Waals surface area contributed by atoms with Gasteiger partial charge in [0.15, 0.2) is 0 Å². The van der Waals surface area contributed by atoms with Gasteiger partial charge in [0.1, 0.15) is 5.82 Å². The first-order valence-corrected chi connectivity index (χ1v) is 6.90. The van der Waals surface area contributed by atoms with Crippen LogP contribution in [0.3, 0.4) is 0 Å². The molecule has 1 saturated heterocycles. The van der Waals surface area contributed by atoms with E-state index in [1.165, 1.54) is 25.3 Å². The first-order chi connectivity index (χ1) is 8.26. The molecule has 1 aliphatic heterocycles. The molecule has 1 unspecified atom stereocenters. The molecule has 17 heavy (non-hydrogen) atoms. The summed E-state index contributed by atoms with van der Waals surface area (Å²) >= 11 is 5.92. The molecule has 0 aromatic heterocycles. The summed E-state index contributed by atoms with van der Waals surface area (Å²) in [5.41, 5.74) is 2.03. The summed E-state index contributed by atoms with van der Waals surface area (Å²) in [4.78, 5) is 2.40. The molecule has 0 spiro atoms. The minimum Gasteiger partial charge on any atom is -0.368 e. The Hall–Kier alpha value is -0.760. The lowest BCUT2D eigenvalue weighted by Gasteiger charge is -2.38. The summed E-state index contributed by atoms with van der Waals surface area (Å²) in [7, 11) is 0. The topological polar surface area (TPSA) is 3.24 Å². The zero-order chi connectivity index (χ0) is 12.3. The van der Waals surface area contributed by atoms with Crippen LogP contribution in [0.1, 0.15) is 38.2 Å². The second kappa shape index (κ2) is 5.72. The van der Waals surface area contributed by atoms with E-state index in [9.17, 15) is 4.39 Å². The lowest BCUT2D eigenvalue weighted by molar-refractivity contribution is 0.449. The SMILES string of the molecule is CCC1CCCCN1c1ccc(F)cc1CCl. The van der Waals surface area contributed by atoms with Crippen LogP contribution in [0, 0.1) is 5.82 Å². The monoisotopic (exact) mass is 255 g/mol. The van der Waals surface area contributed by atoms with Crippen molar-refractivity contribution in [1.82, 2.24) is 0 Å². The van der Waals surface area contributed by atoms with Crippen LogP contribution in [0.15, 0.2) is 18.2 Å². The molecule has 0 N–H and O–H groups in total. The van der Waals surface area contributed by atoms with Crippen molar-refractivity contribution in [3.05, 3.63) is 29.6 Å². The highest BCUT2D eigenvalue weighted by atomic mass is 35.5. The largest absolute Gasteiger partial charge is 0.368 e. The van der Waals surface area contributed by atoms with Gasteiger partial charge in [-0.25, -0.2) is 4.39 Å². The third-order valence-electron chi connectivity index (χ3n) is 3.59. The van der Waals surface area contributed by atoms with Crippen LogP contribution in [0.5, 0.6) is 0 Å². The number of anilines is 1. The Morgan fingerprint density at radius 3 is 2.94 bits per heavy atom. The number of piperidine rings is 1. The number of hydrogen-bond acceptors (Lipinski definition) is 1. The highest BCUT2D eigenvalue weighted by molar-refractivity contribution is 6.17. The van der Waals surface area contributed by atoms with Gasteiger partial charge in [-0.1, -0.05) is 6.92 Å². The van der Waals surface area contributed by atoms with Crippen molar-refractivity contribution in [2.24, 2.45) is 0 Å². The molecular weight excluding hydrogens is 237 g/mol. The van der Waals surface area contributed by atoms with E-state index in [1.807, 2.05) is 6.07 Å². The molecule has 1 atom stereocenters. The van der Waals surface area contributed by atoms with Crippen molar-refractivity contribution in [2.45, 2.75) is 44.5 Å². The Balaban J connectivity index is 2.30. The van der Waals surface area contributed by atoms with Crippen LogP contribution < -0.4 is 4.90 Å². The minimum absolute atomic E-state index is 0.200. The van der Waals surface area contributed by atoms with Crippen LogP contribution in [0.25, 0.3) is 0 Å². The maximum atomic E-state index is 13.2. The normalized spacial score (nSPS) is 20.6. The van der Waals surface area contributed by atoms with Gasteiger partial charge >= 0.3 is 0 Å². The number of hydrogen-bond donors (Lipinski definition) is 0. The van der Waals surface area contributed by atoms with E-state index in [0.29, 0.717) is 11.9 Å². The Labute approximate surface area is 108 Å². The van der Waals surface area contributed by atoms with Crippen LogP contribution in [0.4, 0.5) is 10.1 Å². The molecule has 1 aromatic carbocycles. The van der Waals surface area contributed by atoms with Gasteiger partial charge < -0.3 is 4.90 Å². The van der Waals surface area contributed by atoms with Gasteiger partial charge in [0.2, 0.25) is 0 Å². The predicted molar refractivity (Wildman–Crippen MR) is 71.2 cm³/mol. The van der Waals surface area contributed by atoms with Crippen LogP contribution in [0.2, 0.25) is 0 Å². The second-order valence-corrected chi connectivity index (χ2v) is 4.93. The Kier molecular flexibility index (Phi) is 4.27. The lowest BCUT2D eigenvalue weighted by Crippen LogP contribution is -2.39. The standard InChI is InChI=1S/C14H19ClFN/c1-2-13-5-3-4-8-17(13)14-7-6-12(16)9-11(14)10-15/h6-7,9,13H,2-5,8,10H2,1H3.